The molecule has 0 atom stereocenters. The average molecular weight is 339 g/mol. The predicted octanol–water partition coefficient (Wildman–Crippen LogP) is -0.354. The van der Waals surface area contributed by atoms with Crippen LogP contribution in [0.15, 0.2) is 15.7 Å². The molecule has 1 aliphatic rings. The van der Waals surface area contributed by atoms with Gasteiger partial charge in [-0.25, -0.2) is 0 Å². The molecule has 9 heteroatoms. The maximum atomic E-state index is 13.0. The molecule has 1 aliphatic heterocycles. The summed E-state index contributed by atoms with van der Waals surface area (Å²) >= 11 is 11.5. The van der Waals surface area contributed by atoms with E-state index < -0.39 is 11.9 Å². The van der Waals surface area contributed by atoms with E-state index in [1.807, 2.05) is 0 Å². The molecule has 0 aromatic heterocycles. The van der Waals surface area contributed by atoms with Crippen LogP contribution in [0.4, 0.5) is 13.2 Å². The van der Waals surface area contributed by atoms with E-state index >= 15 is 0 Å². The third kappa shape index (κ3) is 4.54. The van der Waals surface area contributed by atoms with Gasteiger partial charge >= 0.3 is 11.5 Å². The molecule has 0 fully saturated rings. The summed E-state index contributed by atoms with van der Waals surface area (Å²) in [5, 5.41) is -0.178. The lowest BCUT2D eigenvalue weighted by Gasteiger charge is -2.09. The van der Waals surface area contributed by atoms with E-state index in [1.54, 1.807) is 11.9 Å². The zero-order chi connectivity index (χ0) is 14.1. The Morgan fingerprint density at radius 2 is 1.89 bits per heavy atom. The molecule has 0 aromatic rings. The Balaban J connectivity index is 0.00000324. The number of alkyl halides is 3. The van der Waals surface area contributed by atoms with Crippen molar-refractivity contribution in [2.24, 2.45) is 4.99 Å². The fourth-order valence-electron chi connectivity index (χ4n) is 1.42. The van der Waals surface area contributed by atoms with Crippen LogP contribution < -0.4 is 12.4 Å². The third-order valence-electron chi connectivity index (χ3n) is 2.41. The van der Waals surface area contributed by atoms with Gasteiger partial charge in [0.05, 0.1) is 14.1 Å². The minimum atomic E-state index is -4.59. The Morgan fingerprint density at radius 1 is 1.37 bits per heavy atom. The summed E-state index contributed by atoms with van der Waals surface area (Å²) < 4.78 is 40.2. The summed E-state index contributed by atoms with van der Waals surface area (Å²) in [5.41, 5.74) is -1.05. The standard InChI is InChI=1S/C10H13Cl2F3N3.ClH/c1-17(2)9(12)16-7(10(13,14)15)6-4-5-18(3)8(6)11;/h4-5H2,1-3H3;1H/q+1;/p-1. The summed E-state index contributed by atoms with van der Waals surface area (Å²) in [6.07, 6.45) is -4.39. The molecular weight excluding hydrogens is 325 g/mol. The molecule has 3 nitrogen and oxygen atoms in total. The second kappa shape index (κ2) is 6.81. The topological polar surface area (TPSA) is 18.6 Å². The van der Waals surface area contributed by atoms with Gasteiger partial charge in [-0.05, 0) is 11.4 Å². The van der Waals surface area contributed by atoms with E-state index in [2.05, 4.69) is 4.99 Å². The molecule has 1 rings (SSSR count). The quantitative estimate of drug-likeness (QED) is 0.277. The highest BCUT2D eigenvalue weighted by molar-refractivity contribution is 6.64. The van der Waals surface area contributed by atoms with Crippen molar-refractivity contribution in [3.63, 3.8) is 0 Å². The Hall–Kier alpha value is -0.460. The van der Waals surface area contributed by atoms with Crippen molar-refractivity contribution < 1.29 is 30.2 Å². The van der Waals surface area contributed by atoms with E-state index in [0.29, 0.717) is 6.54 Å². The molecule has 19 heavy (non-hydrogen) atoms. The molecule has 0 spiro atoms. The van der Waals surface area contributed by atoms with Gasteiger partial charge in [0, 0.05) is 30.8 Å². The van der Waals surface area contributed by atoms with Crippen molar-refractivity contribution in [1.29, 1.82) is 0 Å². The highest BCUT2D eigenvalue weighted by Gasteiger charge is 2.45. The van der Waals surface area contributed by atoms with Crippen LogP contribution in [-0.2, 0) is 0 Å². The monoisotopic (exact) mass is 337 g/mol. The van der Waals surface area contributed by atoms with Gasteiger partial charge in [0.25, 0.3) is 5.71 Å². The fraction of sp³-hybridized carbons (Fsp3) is 0.600. The molecule has 0 bridgehead atoms. The van der Waals surface area contributed by atoms with E-state index in [4.69, 9.17) is 23.2 Å². The van der Waals surface area contributed by atoms with Crippen LogP contribution in [0.25, 0.3) is 0 Å². The molecule has 0 amide bonds. The Morgan fingerprint density at radius 3 is 2.21 bits per heavy atom. The minimum absolute atomic E-state index is 0. The van der Waals surface area contributed by atoms with Crippen LogP contribution in [0.3, 0.4) is 0 Å². The van der Waals surface area contributed by atoms with Crippen molar-refractivity contribution in [3.8, 4) is 0 Å². The van der Waals surface area contributed by atoms with Gasteiger partial charge in [-0.3, -0.25) is 4.58 Å². The number of hydrogen-bond donors (Lipinski definition) is 0. The smallest absolute Gasteiger partial charge is 0.458 e. The number of halogens is 6. The molecule has 0 radical (unpaired) electrons. The maximum Gasteiger partial charge on any atom is 0.458 e. The Kier molecular flexibility index (Phi) is 6.65. The lowest BCUT2D eigenvalue weighted by atomic mass is 10.1. The number of aliphatic imine (C=N–C) groups is 1. The molecule has 0 aliphatic carbocycles. The molecule has 1 heterocycles. The molecule has 110 valence electrons. The highest BCUT2D eigenvalue weighted by atomic mass is 35.5. The summed E-state index contributed by atoms with van der Waals surface area (Å²) in [5.74, 6) is 0. The minimum Gasteiger partial charge on any atom is -1.00 e. The van der Waals surface area contributed by atoms with Gasteiger partial charge in [-0.15, -0.1) is 0 Å². The van der Waals surface area contributed by atoms with Crippen LogP contribution in [0, 0.1) is 0 Å². The van der Waals surface area contributed by atoms with Crippen LogP contribution in [0.1, 0.15) is 6.42 Å². The first-order valence-electron chi connectivity index (χ1n) is 5.10. The Labute approximate surface area is 125 Å². The molecule has 0 N–H and O–H groups in total. The van der Waals surface area contributed by atoms with Crippen LogP contribution >= 0.6 is 23.2 Å². The van der Waals surface area contributed by atoms with Gasteiger partial charge in [0.1, 0.15) is 5.16 Å². The van der Waals surface area contributed by atoms with Crippen LogP contribution in [0.2, 0.25) is 0 Å². The summed E-state index contributed by atoms with van der Waals surface area (Å²) in [6.45, 7) is 0.433. The van der Waals surface area contributed by atoms with Gasteiger partial charge < -0.3 is 17.3 Å². The summed E-state index contributed by atoms with van der Waals surface area (Å²) in [4.78, 5) is 4.99. The molecule has 0 saturated carbocycles. The fourth-order valence-corrected chi connectivity index (χ4v) is 1.77. The van der Waals surface area contributed by atoms with Gasteiger partial charge in [-0.1, -0.05) is 11.6 Å². The van der Waals surface area contributed by atoms with Crippen LogP contribution in [-0.4, -0.2) is 54.3 Å². The van der Waals surface area contributed by atoms with Gasteiger partial charge in [0.15, 0.2) is 0 Å². The van der Waals surface area contributed by atoms with E-state index in [0.717, 1.165) is 0 Å². The number of rotatable bonds is 1. The van der Waals surface area contributed by atoms with E-state index in [-0.39, 0.29) is 34.9 Å². The zero-order valence-electron chi connectivity index (χ0n) is 10.5. The average Bonchev–Trinajstić information content (AvgIpc) is 2.54. The third-order valence-corrected chi connectivity index (χ3v) is 3.35. The zero-order valence-corrected chi connectivity index (χ0v) is 12.8. The Bertz CT molecular complexity index is 437. The van der Waals surface area contributed by atoms with Crippen molar-refractivity contribution in [2.45, 2.75) is 12.6 Å². The van der Waals surface area contributed by atoms with Gasteiger partial charge in [0.2, 0.25) is 0 Å². The summed E-state index contributed by atoms with van der Waals surface area (Å²) in [7, 11) is 4.65. The van der Waals surface area contributed by atoms with Crippen molar-refractivity contribution >= 4 is 34.2 Å². The van der Waals surface area contributed by atoms with Gasteiger partial charge in [-0.2, -0.15) is 13.2 Å². The molecular formula is C10H13Cl3F3N3. The lowest BCUT2D eigenvalue weighted by molar-refractivity contribution is -0.462. The molecule has 0 unspecified atom stereocenters. The highest BCUT2D eigenvalue weighted by Crippen LogP contribution is 2.32. The first-order valence-corrected chi connectivity index (χ1v) is 5.86. The van der Waals surface area contributed by atoms with Crippen molar-refractivity contribution in [3.05, 3.63) is 10.7 Å². The summed E-state index contributed by atoms with van der Waals surface area (Å²) in [6, 6.07) is 0. The molecule has 0 saturated heterocycles. The first kappa shape index (κ1) is 18.5. The number of hydrogen-bond acceptors (Lipinski definition) is 1. The van der Waals surface area contributed by atoms with E-state index in [1.165, 1.54) is 18.7 Å². The van der Waals surface area contributed by atoms with E-state index in [9.17, 15) is 13.2 Å². The number of nitrogens with zero attached hydrogens (tertiary/aromatic N) is 3. The first-order chi connectivity index (χ1) is 8.14. The lowest BCUT2D eigenvalue weighted by Crippen LogP contribution is -3.00. The van der Waals surface area contributed by atoms with Crippen molar-refractivity contribution in [1.82, 2.24) is 4.90 Å². The normalized spacial score (nSPS) is 16.6. The molecule has 0 aromatic carbocycles. The maximum absolute atomic E-state index is 13.0. The largest absolute Gasteiger partial charge is 1.00 e. The van der Waals surface area contributed by atoms with Crippen LogP contribution in [0.5, 0.6) is 0 Å². The predicted molar refractivity (Wildman–Crippen MR) is 66.6 cm³/mol. The second-order valence-corrected chi connectivity index (χ2v) is 4.76. The SMILES string of the molecule is CN1CCC(/C(=N/C(Cl)=[N+](C)C)C(F)(F)F)=C1Cl.[Cl-]. The van der Waals surface area contributed by atoms with Crippen molar-refractivity contribution in [2.75, 3.05) is 27.7 Å². The number of amidine groups is 1. The second-order valence-electron chi connectivity index (χ2n) is 4.06.